The van der Waals surface area contributed by atoms with Gasteiger partial charge in [-0.2, -0.15) is 0 Å². The Morgan fingerprint density at radius 2 is 0.750 bits per heavy atom. The highest BCUT2D eigenvalue weighted by Gasteiger charge is 2.20. The SMILES string of the molecule is CCCC/C=C\CCCCCCCC(=O)OCC/C=C\C/C=C\CCCCCCCCCCCCCCCCC(=O)NC(CO)C(O)CCCCCCCCCCCCCCCCCCCCC. The van der Waals surface area contributed by atoms with Crippen molar-refractivity contribution in [2.75, 3.05) is 13.2 Å². The molecule has 0 aliphatic carbocycles. The average Bonchev–Trinajstić information content (AvgIpc) is 3.34. The third kappa shape index (κ3) is 53.4. The molecule has 0 aromatic heterocycles. The van der Waals surface area contributed by atoms with Gasteiger partial charge in [0.1, 0.15) is 0 Å². The zero-order valence-electron chi connectivity index (χ0n) is 45.6. The van der Waals surface area contributed by atoms with Gasteiger partial charge in [0.05, 0.1) is 25.4 Å². The Morgan fingerprint density at radius 1 is 0.412 bits per heavy atom. The lowest BCUT2D eigenvalue weighted by atomic mass is 10.0. The van der Waals surface area contributed by atoms with E-state index in [0.717, 1.165) is 51.4 Å². The zero-order valence-corrected chi connectivity index (χ0v) is 45.6. The van der Waals surface area contributed by atoms with Gasteiger partial charge in [0.15, 0.2) is 0 Å². The van der Waals surface area contributed by atoms with E-state index in [9.17, 15) is 19.8 Å². The van der Waals surface area contributed by atoms with Gasteiger partial charge in [-0.15, -0.1) is 0 Å². The quantitative estimate of drug-likeness (QED) is 0.0321. The molecule has 0 aliphatic rings. The number of hydrogen-bond acceptors (Lipinski definition) is 5. The Kier molecular flexibility index (Phi) is 56.0. The van der Waals surface area contributed by atoms with Crippen molar-refractivity contribution in [2.24, 2.45) is 0 Å². The van der Waals surface area contributed by atoms with Gasteiger partial charge in [-0.1, -0.05) is 281 Å². The van der Waals surface area contributed by atoms with Crippen LogP contribution in [-0.2, 0) is 14.3 Å². The topological polar surface area (TPSA) is 95.9 Å². The molecule has 0 saturated carbocycles. The smallest absolute Gasteiger partial charge is 0.305 e. The van der Waals surface area contributed by atoms with Crippen LogP contribution in [0.1, 0.15) is 322 Å². The van der Waals surface area contributed by atoms with Gasteiger partial charge in [0.25, 0.3) is 0 Å². The molecular weight excluding hydrogens is 839 g/mol. The summed E-state index contributed by atoms with van der Waals surface area (Å²) in [6, 6.07) is -0.546. The molecule has 0 radical (unpaired) electrons. The molecule has 0 saturated heterocycles. The number of carbonyl (C=O) groups is 2. The van der Waals surface area contributed by atoms with Crippen LogP contribution in [0.2, 0.25) is 0 Å². The highest BCUT2D eigenvalue weighted by Crippen LogP contribution is 2.17. The molecule has 2 atom stereocenters. The van der Waals surface area contributed by atoms with E-state index >= 15 is 0 Å². The fourth-order valence-corrected chi connectivity index (χ4v) is 9.28. The second-order valence-electron chi connectivity index (χ2n) is 20.7. The zero-order chi connectivity index (χ0) is 49.3. The molecule has 0 aliphatic heterocycles. The summed E-state index contributed by atoms with van der Waals surface area (Å²) in [5.41, 5.74) is 0. The van der Waals surface area contributed by atoms with Gasteiger partial charge in [0, 0.05) is 12.8 Å². The molecule has 0 aromatic rings. The lowest BCUT2D eigenvalue weighted by molar-refractivity contribution is -0.143. The minimum atomic E-state index is -0.669. The Bertz CT molecular complexity index is 1100. The van der Waals surface area contributed by atoms with Gasteiger partial charge in [0.2, 0.25) is 5.91 Å². The fraction of sp³-hybridized carbons (Fsp3) is 0.871. The van der Waals surface area contributed by atoms with Crippen molar-refractivity contribution in [3.8, 4) is 0 Å². The van der Waals surface area contributed by atoms with E-state index in [4.69, 9.17) is 4.74 Å². The summed E-state index contributed by atoms with van der Waals surface area (Å²) in [7, 11) is 0. The molecule has 3 N–H and O–H groups in total. The normalized spacial score (nSPS) is 12.8. The Balaban J connectivity index is 3.46. The van der Waals surface area contributed by atoms with Gasteiger partial charge >= 0.3 is 5.97 Å². The number of rotatable bonds is 56. The Hall–Kier alpha value is -1.92. The predicted octanol–water partition coefficient (Wildman–Crippen LogP) is 18.8. The number of esters is 1. The molecule has 2 unspecified atom stereocenters. The van der Waals surface area contributed by atoms with Crippen molar-refractivity contribution in [3.05, 3.63) is 36.5 Å². The van der Waals surface area contributed by atoms with E-state index < -0.39 is 12.1 Å². The van der Waals surface area contributed by atoms with E-state index in [1.165, 1.54) is 238 Å². The number of nitrogens with one attached hydrogen (secondary N) is 1. The van der Waals surface area contributed by atoms with E-state index in [1.807, 2.05) is 0 Å². The van der Waals surface area contributed by atoms with E-state index in [2.05, 4.69) is 55.6 Å². The minimum absolute atomic E-state index is 0.0376. The molecule has 0 rings (SSSR count). The first-order chi connectivity index (χ1) is 33.5. The molecule has 6 nitrogen and oxygen atoms in total. The van der Waals surface area contributed by atoms with Crippen LogP contribution in [0.4, 0.5) is 0 Å². The highest BCUT2D eigenvalue weighted by molar-refractivity contribution is 5.76. The van der Waals surface area contributed by atoms with E-state index in [1.54, 1.807) is 0 Å². The lowest BCUT2D eigenvalue weighted by Crippen LogP contribution is -2.45. The van der Waals surface area contributed by atoms with Crippen LogP contribution >= 0.6 is 0 Å². The number of aliphatic hydroxyl groups is 2. The van der Waals surface area contributed by atoms with Crippen LogP contribution in [-0.4, -0.2) is 47.4 Å². The summed E-state index contributed by atoms with van der Waals surface area (Å²) in [6.07, 6.45) is 71.6. The fourth-order valence-electron chi connectivity index (χ4n) is 9.28. The second-order valence-corrected chi connectivity index (χ2v) is 20.7. The van der Waals surface area contributed by atoms with Crippen molar-refractivity contribution < 1.29 is 24.5 Å². The van der Waals surface area contributed by atoms with Crippen LogP contribution < -0.4 is 5.32 Å². The van der Waals surface area contributed by atoms with E-state index in [-0.39, 0.29) is 18.5 Å². The third-order valence-electron chi connectivity index (χ3n) is 13.9. The number of hydrogen-bond donors (Lipinski definition) is 3. The first-order valence-electron chi connectivity index (χ1n) is 30.2. The van der Waals surface area contributed by atoms with Crippen LogP contribution in [0.3, 0.4) is 0 Å². The summed E-state index contributed by atoms with van der Waals surface area (Å²) in [6.45, 7) is 4.82. The maximum Gasteiger partial charge on any atom is 0.305 e. The van der Waals surface area contributed by atoms with Crippen molar-refractivity contribution in [1.82, 2.24) is 5.32 Å². The van der Waals surface area contributed by atoms with Crippen molar-refractivity contribution in [3.63, 3.8) is 0 Å². The highest BCUT2D eigenvalue weighted by atomic mass is 16.5. The molecule has 68 heavy (non-hydrogen) atoms. The average molecular weight is 957 g/mol. The maximum absolute atomic E-state index is 12.5. The van der Waals surface area contributed by atoms with Gasteiger partial charge in [-0.25, -0.2) is 0 Å². The second kappa shape index (κ2) is 57.7. The Labute approximate surface area is 424 Å². The monoisotopic (exact) mass is 956 g/mol. The number of carbonyl (C=O) groups excluding carboxylic acids is 2. The summed E-state index contributed by atoms with van der Waals surface area (Å²) in [5.74, 6) is -0.0838. The van der Waals surface area contributed by atoms with Crippen LogP contribution in [0, 0.1) is 0 Å². The first kappa shape index (κ1) is 66.1. The van der Waals surface area contributed by atoms with Crippen molar-refractivity contribution in [1.29, 1.82) is 0 Å². The van der Waals surface area contributed by atoms with Gasteiger partial charge in [-0.3, -0.25) is 9.59 Å². The first-order valence-corrected chi connectivity index (χ1v) is 30.2. The number of aliphatic hydroxyl groups excluding tert-OH is 2. The molecule has 0 spiro atoms. The largest absolute Gasteiger partial charge is 0.465 e. The number of ether oxygens (including phenoxy) is 1. The number of unbranched alkanes of at least 4 members (excludes halogenated alkanes) is 39. The summed E-state index contributed by atoms with van der Waals surface area (Å²) >= 11 is 0. The standard InChI is InChI=1S/C62H117NO5/c1-3-5-7-9-11-13-15-16-17-18-22-25-28-31-35-38-42-46-50-54-60(65)59(58-64)63-61(66)55-51-47-43-39-36-32-29-26-23-20-19-21-24-27-30-33-37-41-45-49-53-57-68-62(67)56-52-48-44-40-34-14-12-10-8-6-4-2/h10,12,33,37,45,49,59-60,64-65H,3-9,11,13-32,34-36,38-44,46-48,50-58H2,1-2H3,(H,63,66)/b12-10-,37-33-,49-45-. The molecule has 0 heterocycles. The summed E-state index contributed by atoms with van der Waals surface area (Å²) in [5, 5.41) is 23.3. The summed E-state index contributed by atoms with van der Waals surface area (Å²) in [4.78, 5) is 24.5. The maximum atomic E-state index is 12.5. The molecule has 400 valence electrons. The lowest BCUT2D eigenvalue weighted by Gasteiger charge is -2.22. The minimum Gasteiger partial charge on any atom is -0.465 e. The predicted molar refractivity (Wildman–Crippen MR) is 296 cm³/mol. The third-order valence-corrected chi connectivity index (χ3v) is 13.9. The van der Waals surface area contributed by atoms with Gasteiger partial charge in [-0.05, 0) is 64.2 Å². The van der Waals surface area contributed by atoms with E-state index in [0.29, 0.717) is 25.9 Å². The molecule has 0 bridgehead atoms. The van der Waals surface area contributed by atoms with Crippen molar-refractivity contribution in [2.45, 2.75) is 334 Å². The number of allylic oxidation sites excluding steroid dienone is 5. The van der Waals surface area contributed by atoms with Gasteiger partial charge < -0.3 is 20.3 Å². The summed E-state index contributed by atoms with van der Waals surface area (Å²) < 4.78 is 5.39. The molecular formula is C62H117NO5. The number of amides is 1. The Morgan fingerprint density at radius 3 is 1.18 bits per heavy atom. The molecule has 0 fully saturated rings. The molecule has 0 aromatic carbocycles. The van der Waals surface area contributed by atoms with Crippen LogP contribution in [0.15, 0.2) is 36.5 Å². The molecule has 1 amide bonds. The molecule has 6 heteroatoms. The van der Waals surface area contributed by atoms with Crippen LogP contribution in [0.25, 0.3) is 0 Å². The van der Waals surface area contributed by atoms with Crippen molar-refractivity contribution >= 4 is 11.9 Å². The van der Waals surface area contributed by atoms with Crippen LogP contribution in [0.5, 0.6) is 0 Å².